The molecule has 2 aromatic rings. The average molecular weight is 733 g/mol. The summed E-state index contributed by atoms with van der Waals surface area (Å²) in [5.41, 5.74) is 0.801. The number of hydrogen-bond donors (Lipinski definition) is 2. The standard InChI is InChI=1S/C41H56N4O8/c1-8-12-28(38(49)35(48)21-29(41(52)53)19-27-13-10-9-11-14-27)20-34(47)37-30(24(2)3)15-18-45(37)40(51)31(25(4)5)22-33(46)36(26(6)7)44-39(50)32-23-42-16-17-43-32/h9-11,13-14,16-17,23-26,28-31,36-37H,8,12,15,18-22H2,1-7H3,(H,44,50)(H,52,53)/t28?,29-,30-,31+,36+,37+/m1/s1. The van der Waals surface area contributed by atoms with Gasteiger partial charge in [-0.25, -0.2) is 4.98 Å². The van der Waals surface area contributed by atoms with Gasteiger partial charge in [0.1, 0.15) is 5.69 Å². The molecular formula is C41H56N4O8. The van der Waals surface area contributed by atoms with Crippen LogP contribution in [0.4, 0.5) is 0 Å². The Morgan fingerprint density at radius 2 is 1.57 bits per heavy atom. The summed E-state index contributed by atoms with van der Waals surface area (Å²) >= 11 is 0. The zero-order chi connectivity index (χ0) is 39.4. The molecule has 1 aromatic carbocycles. The number of nitrogens with zero attached hydrogens (tertiary/aromatic N) is 3. The van der Waals surface area contributed by atoms with Gasteiger partial charge in [0.25, 0.3) is 5.91 Å². The van der Waals surface area contributed by atoms with Gasteiger partial charge in [0.15, 0.2) is 17.3 Å². The van der Waals surface area contributed by atoms with Crippen LogP contribution < -0.4 is 5.32 Å². The third kappa shape index (κ3) is 11.7. The first-order valence-corrected chi connectivity index (χ1v) is 18.8. The quantitative estimate of drug-likeness (QED) is 0.162. The summed E-state index contributed by atoms with van der Waals surface area (Å²) in [5, 5.41) is 12.6. The Labute approximate surface area is 312 Å². The van der Waals surface area contributed by atoms with Crippen molar-refractivity contribution in [2.24, 2.45) is 41.4 Å². The molecule has 0 saturated carbocycles. The summed E-state index contributed by atoms with van der Waals surface area (Å²) in [4.78, 5) is 104. The van der Waals surface area contributed by atoms with Crippen molar-refractivity contribution >= 4 is 40.9 Å². The van der Waals surface area contributed by atoms with Crippen LogP contribution in [0.1, 0.15) is 103 Å². The minimum atomic E-state index is -1.18. The second-order valence-electron chi connectivity index (χ2n) is 15.4. The first kappa shape index (κ1) is 42.8. The number of carbonyl (C=O) groups excluding carboxylic acids is 6. The van der Waals surface area contributed by atoms with E-state index in [2.05, 4.69) is 15.3 Å². The average Bonchev–Trinajstić information content (AvgIpc) is 3.58. The van der Waals surface area contributed by atoms with Crippen LogP contribution in [0.5, 0.6) is 0 Å². The molecule has 0 radical (unpaired) electrons. The van der Waals surface area contributed by atoms with Gasteiger partial charge in [0, 0.05) is 50.0 Å². The van der Waals surface area contributed by atoms with Crippen molar-refractivity contribution in [2.45, 2.75) is 105 Å². The summed E-state index contributed by atoms with van der Waals surface area (Å²) in [6.45, 7) is 13.4. The first-order valence-electron chi connectivity index (χ1n) is 18.8. The second kappa shape index (κ2) is 20.0. The molecule has 12 nitrogen and oxygen atoms in total. The van der Waals surface area contributed by atoms with E-state index in [1.165, 1.54) is 18.6 Å². The number of benzene rings is 1. The minimum Gasteiger partial charge on any atom is -0.481 e. The Balaban J connectivity index is 1.80. The highest BCUT2D eigenvalue weighted by Crippen LogP contribution is 2.36. The number of carbonyl (C=O) groups is 7. The smallest absolute Gasteiger partial charge is 0.307 e. The molecule has 0 spiro atoms. The zero-order valence-electron chi connectivity index (χ0n) is 32.1. The number of nitrogens with one attached hydrogen (secondary N) is 1. The molecule has 3 rings (SSSR count). The van der Waals surface area contributed by atoms with Gasteiger partial charge in [-0.1, -0.05) is 85.2 Å². The van der Waals surface area contributed by atoms with Gasteiger partial charge in [0.2, 0.25) is 11.7 Å². The summed E-state index contributed by atoms with van der Waals surface area (Å²) in [5.74, 6) is -7.79. The Kier molecular flexibility index (Phi) is 16.2. The maximum absolute atomic E-state index is 14.4. The van der Waals surface area contributed by atoms with Gasteiger partial charge in [-0.3, -0.25) is 38.5 Å². The summed E-state index contributed by atoms with van der Waals surface area (Å²) in [6.07, 6.45) is 4.69. The maximum atomic E-state index is 14.4. The van der Waals surface area contributed by atoms with Crippen LogP contribution in [0.2, 0.25) is 0 Å². The van der Waals surface area contributed by atoms with Crippen molar-refractivity contribution in [3.8, 4) is 0 Å². The number of ketones is 4. The van der Waals surface area contributed by atoms with Gasteiger partial charge >= 0.3 is 5.97 Å². The number of likely N-dealkylation sites (tertiary alicyclic amines) is 1. The topological polar surface area (TPSA) is 181 Å². The SMILES string of the molecule is CCCC(CC(=O)[C@@H]1[C@@H](C(C)C)CCN1C(=O)[C@@H](CC(=O)[C@@H](NC(=O)c1cnccn1)C(C)C)C(C)C)C(=O)C(=O)C[C@@H](Cc1ccccc1)C(=O)O. The molecule has 2 heterocycles. The lowest BCUT2D eigenvalue weighted by molar-refractivity contribution is -0.147. The fourth-order valence-corrected chi connectivity index (χ4v) is 7.32. The van der Waals surface area contributed by atoms with Crippen LogP contribution in [0, 0.1) is 41.4 Å². The Hall–Kier alpha value is -4.61. The number of carboxylic acid groups (broad SMARTS) is 1. The Bertz CT molecular complexity index is 1590. The predicted molar refractivity (Wildman–Crippen MR) is 198 cm³/mol. The van der Waals surface area contributed by atoms with Crippen LogP contribution in [0.25, 0.3) is 0 Å². The van der Waals surface area contributed by atoms with E-state index in [9.17, 15) is 38.7 Å². The zero-order valence-corrected chi connectivity index (χ0v) is 32.1. The van der Waals surface area contributed by atoms with Gasteiger partial charge in [0.05, 0.1) is 24.2 Å². The number of aliphatic carboxylic acids is 1. The van der Waals surface area contributed by atoms with E-state index in [4.69, 9.17) is 0 Å². The molecule has 0 aliphatic carbocycles. The van der Waals surface area contributed by atoms with E-state index in [-0.39, 0.29) is 72.5 Å². The van der Waals surface area contributed by atoms with Crippen LogP contribution >= 0.6 is 0 Å². The Morgan fingerprint density at radius 1 is 0.887 bits per heavy atom. The van der Waals surface area contributed by atoms with Crippen LogP contribution in [-0.4, -0.2) is 79.5 Å². The molecule has 2 amide bonds. The van der Waals surface area contributed by atoms with Crippen LogP contribution in [-0.2, 0) is 35.2 Å². The number of hydrogen-bond acceptors (Lipinski definition) is 9. The van der Waals surface area contributed by atoms with Crippen molar-refractivity contribution in [3.05, 3.63) is 60.2 Å². The maximum Gasteiger partial charge on any atom is 0.307 e. The lowest BCUT2D eigenvalue weighted by Gasteiger charge is -2.34. The second-order valence-corrected chi connectivity index (χ2v) is 15.4. The van der Waals surface area contributed by atoms with Gasteiger partial charge in [-0.05, 0) is 48.5 Å². The number of aromatic nitrogens is 2. The molecular weight excluding hydrogens is 676 g/mol. The molecule has 1 saturated heterocycles. The highest BCUT2D eigenvalue weighted by atomic mass is 16.4. The fourth-order valence-electron chi connectivity index (χ4n) is 7.32. The number of carboxylic acids is 1. The van der Waals surface area contributed by atoms with Crippen molar-refractivity contribution in [1.82, 2.24) is 20.2 Å². The van der Waals surface area contributed by atoms with E-state index < -0.39 is 59.7 Å². The van der Waals surface area contributed by atoms with Crippen molar-refractivity contribution in [2.75, 3.05) is 6.54 Å². The van der Waals surface area contributed by atoms with E-state index in [0.717, 1.165) is 5.56 Å². The monoisotopic (exact) mass is 732 g/mol. The van der Waals surface area contributed by atoms with Crippen molar-refractivity contribution in [1.29, 1.82) is 0 Å². The first-order chi connectivity index (χ1) is 25.1. The van der Waals surface area contributed by atoms with Gasteiger partial charge in [-0.15, -0.1) is 0 Å². The molecule has 0 bridgehead atoms. The van der Waals surface area contributed by atoms with E-state index >= 15 is 0 Å². The van der Waals surface area contributed by atoms with Gasteiger partial charge in [-0.2, -0.15) is 0 Å². The summed E-state index contributed by atoms with van der Waals surface area (Å²) < 4.78 is 0. The van der Waals surface area contributed by atoms with E-state index in [0.29, 0.717) is 19.4 Å². The highest BCUT2D eigenvalue weighted by molar-refractivity contribution is 6.38. The fraction of sp³-hybridized carbons (Fsp3) is 0.585. The number of rotatable bonds is 21. The molecule has 2 N–H and O–H groups in total. The van der Waals surface area contributed by atoms with E-state index in [1.54, 1.807) is 49.1 Å². The molecule has 53 heavy (non-hydrogen) atoms. The van der Waals surface area contributed by atoms with Crippen LogP contribution in [0.3, 0.4) is 0 Å². The van der Waals surface area contributed by atoms with Gasteiger partial charge < -0.3 is 15.3 Å². The molecule has 1 unspecified atom stereocenters. The molecule has 1 aliphatic heterocycles. The third-order valence-electron chi connectivity index (χ3n) is 10.4. The summed E-state index contributed by atoms with van der Waals surface area (Å²) in [6, 6.07) is 7.16. The number of Topliss-reactive ketones (excluding diaryl/α,β-unsaturated/α-hetero) is 4. The minimum absolute atomic E-state index is 0.0266. The predicted octanol–water partition coefficient (Wildman–Crippen LogP) is 5.18. The third-order valence-corrected chi connectivity index (χ3v) is 10.4. The normalized spacial score (nSPS) is 18.0. The molecule has 1 aliphatic rings. The number of amides is 2. The molecule has 12 heteroatoms. The molecule has 1 aromatic heterocycles. The molecule has 288 valence electrons. The summed E-state index contributed by atoms with van der Waals surface area (Å²) in [7, 11) is 0. The van der Waals surface area contributed by atoms with Crippen molar-refractivity contribution < 1.29 is 38.7 Å². The largest absolute Gasteiger partial charge is 0.481 e. The highest BCUT2D eigenvalue weighted by Gasteiger charge is 2.46. The lowest BCUT2D eigenvalue weighted by Crippen LogP contribution is -2.50. The molecule has 1 fully saturated rings. The van der Waals surface area contributed by atoms with Crippen LogP contribution in [0.15, 0.2) is 48.9 Å². The Morgan fingerprint density at radius 3 is 2.11 bits per heavy atom. The lowest BCUT2D eigenvalue weighted by atomic mass is 9.80. The van der Waals surface area contributed by atoms with Crippen molar-refractivity contribution in [3.63, 3.8) is 0 Å². The molecule has 6 atom stereocenters. The van der Waals surface area contributed by atoms with E-state index in [1.807, 2.05) is 34.6 Å².